The molecule has 0 radical (unpaired) electrons. The summed E-state index contributed by atoms with van der Waals surface area (Å²) in [4.78, 5) is 0. The fourth-order valence-electron chi connectivity index (χ4n) is 1.33. The van der Waals surface area contributed by atoms with Gasteiger partial charge in [-0.2, -0.15) is 61.5 Å². The van der Waals surface area contributed by atoms with E-state index in [0.717, 1.165) is 0 Å². The average Bonchev–Trinajstić information content (AvgIpc) is 2.33. The molecule has 0 aromatic heterocycles. The van der Waals surface area contributed by atoms with Crippen LogP contribution in [0.2, 0.25) is 0 Å². The highest BCUT2D eigenvalue weighted by atomic mass is 32.3. The highest BCUT2D eigenvalue weighted by Gasteiger charge is 2.92. The third-order valence-corrected chi connectivity index (χ3v) is 5.85. The lowest BCUT2D eigenvalue weighted by Gasteiger charge is -2.51. The van der Waals surface area contributed by atoms with Crippen LogP contribution >= 0.6 is 23.5 Å². The van der Waals surface area contributed by atoms with E-state index in [1.807, 2.05) is 0 Å². The first-order chi connectivity index (χ1) is 10.9. The summed E-state index contributed by atoms with van der Waals surface area (Å²) in [5.41, 5.74) is 0. The molecule has 1 saturated heterocycles. The Kier molecular flexibility index (Phi) is 5.05. The summed E-state index contributed by atoms with van der Waals surface area (Å²) >= 11 is -5.10. The fourth-order valence-corrected chi connectivity index (χ4v) is 4.18. The molecule has 18 heteroatoms. The summed E-state index contributed by atoms with van der Waals surface area (Å²) in [6.45, 7) is 0. The summed E-state index contributed by atoms with van der Waals surface area (Å²) in [5.74, 6) is -28.6. The quantitative estimate of drug-likeness (QED) is 0.443. The van der Waals surface area contributed by atoms with E-state index in [4.69, 9.17) is 0 Å². The van der Waals surface area contributed by atoms with Crippen molar-refractivity contribution in [3.05, 3.63) is 0 Å². The number of alkyl halides is 16. The van der Waals surface area contributed by atoms with Gasteiger partial charge in [-0.05, 0) is 23.5 Å². The van der Waals surface area contributed by atoms with Crippen molar-refractivity contribution in [2.75, 3.05) is 0 Å². The zero-order chi connectivity index (χ0) is 21.4. The first kappa shape index (κ1) is 23.6. The molecule has 1 aliphatic rings. The summed E-state index contributed by atoms with van der Waals surface area (Å²) in [6, 6.07) is 0. The number of thioether (sulfide) groups is 2. The molecule has 1 aliphatic heterocycles. The normalized spacial score (nSPS) is 29.5. The summed E-state index contributed by atoms with van der Waals surface area (Å²) in [7, 11) is 0. The maximum Gasteiger partial charge on any atom is 0.460 e. The van der Waals surface area contributed by atoms with E-state index in [2.05, 4.69) is 0 Å². The molecule has 0 saturated carbocycles. The molecule has 0 N–H and O–H groups in total. The molecule has 0 atom stereocenters. The van der Waals surface area contributed by atoms with Crippen LogP contribution in [0.3, 0.4) is 0 Å². The molecular weight excluding hydrogens is 464 g/mol. The SMILES string of the molecule is FC(F)(F)C(F)(F)C(F)(F)C1(F)SC(F)(C(F)(F)C(F)(F)C(F)(F)F)S1. The maximum atomic E-state index is 13.5. The lowest BCUT2D eigenvalue weighted by Crippen LogP contribution is -2.70. The average molecular weight is 464 g/mol. The van der Waals surface area contributed by atoms with E-state index in [-0.39, 0.29) is 0 Å². The van der Waals surface area contributed by atoms with Gasteiger partial charge in [-0.3, -0.25) is 0 Å². The van der Waals surface area contributed by atoms with E-state index in [1.54, 1.807) is 0 Å². The highest BCUT2D eigenvalue weighted by molar-refractivity contribution is 8.35. The Morgan fingerprint density at radius 3 is 0.769 bits per heavy atom. The first-order valence-corrected chi connectivity index (χ1v) is 6.97. The van der Waals surface area contributed by atoms with Crippen molar-refractivity contribution in [1.82, 2.24) is 0 Å². The van der Waals surface area contributed by atoms with Gasteiger partial charge in [-0.1, -0.05) is 0 Å². The molecule has 0 nitrogen and oxygen atoms in total. The van der Waals surface area contributed by atoms with Crippen LogP contribution in [0.15, 0.2) is 0 Å². The van der Waals surface area contributed by atoms with E-state index in [0.29, 0.717) is 0 Å². The van der Waals surface area contributed by atoms with Crippen molar-refractivity contribution in [2.24, 2.45) is 0 Å². The molecule has 1 fully saturated rings. The minimum atomic E-state index is -7.29. The van der Waals surface area contributed by atoms with Crippen LogP contribution in [0.5, 0.6) is 0 Å². The Hall–Kier alpha value is -0.420. The van der Waals surface area contributed by atoms with Crippen LogP contribution in [0.1, 0.15) is 0 Å². The Balaban J connectivity index is 3.26. The lowest BCUT2D eigenvalue weighted by atomic mass is 10.1. The second-order valence-electron chi connectivity index (χ2n) is 4.57. The molecule has 0 spiro atoms. The van der Waals surface area contributed by atoms with Gasteiger partial charge in [0, 0.05) is 0 Å². The van der Waals surface area contributed by atoms with Gasteiger partial charge in [-0.15, -0.1) is 0 Å². The lowest BCUT2D eigenvalue weighted by molar-refractivity contribution is -0.368. The van der Waals surface area contributed by atoms with Crippen LogP contribution < -0.4 is 0 Å². The Morgan fingerprint density at radius 2 is 0.615 bits per heavy atom. The van der Waals surface area contributed by atoms with Crippen molar-refractivity contribution >= 4 is 23.5 Å². The summed E-state index contributed by atoms with van der Waals surface area (Å²) < 4.78 is 190. The molecular formula is C8F16S2. The zero-order valence-electron chi connectivity index (χ0n) is 10.9. The standard InChI is InChI=1S/C8F16S2/c9-1(10,5(17,18)19)3(13,14)7(23)25-8(24,26-7)4(15,16)2(11,12)6(20,21)22. The van der Waals surface area contributed by atoms with Gasteiger partial charge in [0.15, 0.2) is 0 Å². The minimum absolute atomic E-state index is 2.55. The van der Waals surface area contributed by atoms with Crippen molar-refractivity contribution in [3.63, 3.8) is 0 Å². The van der Waals surface area contributed by atoms with Crippen molar-refractivity contribution in [3.8, 4) is 0 Å². The topological polar surface area (TPSA) is 0 Å². The number of rotatable bonds is 4. The van der Waals surface area contributed by atoms with Crippen LogP contribution in [0, 0.1) is 0 Å². The molecule has 156 valence electrons. The number of hydrogen-bond donors (Lipinski definition) is 0. The zero-order valence-corrected chi connectivity index (χ0v) is 12.5. The van der Waals surface area contributed by atoms with Gasteiger partial charge in [0.05, 0.1) is 0 Å². The number of hydrogen-bond acceptors (Lipinski definition) is 2. The Labute approximate surface area is 139 Å². The number of halogens is 16. The van der Waals surface area contributed by atoms with Crippen molar-refractivity contribution in [1.29, 1.82) is 0 Å². The van der Waals surface area contributed by atoms with E-state index in [1.165, 1.54) is 0 Å². The van der Waals surface area contributed by atoms with E-state index < -0.39 is 68.2 Å². The van der Waals surface area contributed by atoms with Crippen LogP contribution in [0.25, 0.3) is 0 Å². The monoisotopic (exact) mass is 464 g/mol. The van der Waals surface area contributed by atoms with Gasteiger partial charge >= 0.3 is 36.0 Å². The minimum Gasteiger partial charge on any atom is -0.212 e. The first-order valence-electron chi connectivity index (χ1n) is 5.34. The molecule has 0 aromatic rings. The summed E-state index contributed by atoms with van der Waals surface area (Å²) in [6.07, 6.45) is -14.4. The van der Waals surface area contributed by atoms with Gasteiger partial charge in [0.2, 0.25) is 0 Å². The predicted octanol–water partition coefficient (Wildman–Crippen LogP) is 6.38. The predicted molar refractivity (Wildman–Crippen MR) is 54.8 cm³/mol. The summed E-state index contributed by atoms with van der Waals surface area (Å²) in [5, 5.41) is 0. The molecule has 1 heterocycles. The molecule has 0 aromatic carbocycles. The largest absolute Gasteiger partial charge is 0.460 e. The molecule has 1 rings (SSSR count). The van der Waals surface area contributed by atoms with E-state index >= 15 is 0 Å². The smallest absolute Gasteiger partial charge is 0.212 e. The Bertz CT molecular complexity index is 504. The maximum absolute atomic E-state index is 13.5. The van der Waals surface area contributed by atoms with Gasteiger partial charge in [-0.25, -0.2) is 8.78 Å². The second kappa shape index (κ2) is 5.56. The highest BCUT2D eigenvalue weighted by Crippen LogP contribution is 2.79. The molecule has 0 amide bonds. The second-order valence-corrected chi connectivity index (χ2v) is 7.75. The third-order valence-electron chi connectivity index (χ3n) is 2.78. The molecule has 0 bridgehead atoms. The van der Waals surface area contributed by atoms with Gasteiger partial charge in [0.25, 0.3) is 8.67 Å². The Morgan fingerprint density at radius 1 is 0.423 bits per heavy atom. The van der Waals surface area contributed by atoms with E-state index in [9.17, 15) is 70.2 Å². The van der Waals surface area contributed by atoms with Crippen molar-refractivity contribution in [2.45, 2.75) is 44.7 Å². The van der Waals surface area contributed by atoms with Crippen LogP contribution in [0.4, 0.5) is 70.2 Å². The molecule has 0 aliphatic carbocycles. The van der Waals surface area contributed by atoms with Crippen molar-refractivity contribution < 1.29 is 70.2 Å². The third kappa shape index (κ3) is 2.80. The van der Waals surface area contributed by atoms with Crippen LogP contribution in [-0.2, 0) is 0 Å². The fraction of sp³-hybridized carbons (Fsp3) is 1.00. The molecule has 26 heavy (non-hydrogen) atoms. The van der Waals surface area contributed by atoms with Gasteiger partial charge in [0.1, 0.15) is 0 Å². The van der Waals surface area contributed by atoms with Crippen LogP contribution in [-0.4, -0.2) is 44.7 Å². The molecule has 0 unspecified atom stereocenters. The van der Waals surface area contributed by atoms with Gasteiger partial charge < -0.3 is 0 Å².